The van der Waals surface area contributed by atoms with E-state index in [9.17, 15) is 27.3 Å². The van der Waals surface area contributed by atoms with Crippen molar-refractivity contribution in [1.29, 1.82) is 0 Å². The number of carbonyl (C=O) groups is 1. The Balaban J connectivity index is 1.37. The van der Waals surface area contributed by atoms with E-state index in [1.54, 1.807) is 23.2 Å². The number of carbonyl (C=O) groups excluding carboxylic acids is 1. The van der Waals surface area contributed by atoms with Crippen LogP contribution in [0, 0.1) is 0 Å². The molecule has 1 aromatic carbocycles. The smallest absolute Gasteiger partial charge is 0.417 e. The summed E-state index contributed by atoms with van der Waals surface area (Å²) >= 11 is 6.11. The van der Waals surface area contributed by atoms with Crippen LogP contribution in [0.25, 0.3) is 11.1 Å². The second-order valence-electron chi connectivity index (χ2n) is 9.72. The van der Waals surface area contributed by atoms with Crippen molar-refractivity contribution in [1.82, 2.24) is 14.8 Å². The molecular weight excluding hydrogens is 533 g/mol. The first-order valence-corrected chi connectivity index (χ1v) is 13.8. The average molecular weight is 559 g/mol. The second kappa shape index (κ2) is 9.63. The molecular formula is C24H26ClF3N4O4S. The molecule has 5 rings (SSSR count). The zero-order valence-electron chi connectivity index (χ0n) is 19.9. The summed E-state index contributed by atoms with van der Waals surface area (Å²) in [7, 11) is -1.34. The number of rotatable bonds is 3. The van der Waals surface area contributed by atoms with E-state index in [-0.39, 0.29) is 30.9 Å². The number of alkyl halides is 3. The number of nitrogens with zero attached hydrogens (tertiary/aromatic N) is 3. The summed E-state index contributed by atoms with van der Waals surface area (Å²) in [5.41, 5.74) is -0.115. The molecule has 0 saturated carbocycles. The highest BCUT2D eigenvalue weighted by molar-refractivity contribution is 7.85. The quantitative estimate of drug-likeness (QED) is 0.547. The van der Waals surface area contributed by atoms with Crippen LogP contribution < -0.4 is 9.46 Å². The summed E-state index contributed by atoms with van der Waals surface area (Å²) < 4.78 is 60.6. The lowest BCUT2D eigenvalue weighted by Crippen LogP contribution is -2.60. The monoisotopic (exact) mass is 558 g/mol. The molecule has 3 aliphatic rings. The van der Waals surface area contributed by atoms with E-state index in [4.69, 9.17) is 16.3 Å². The van der Waals surface area contributed by atoms with Gasteiger partial charge in [0.15, 0.2) is 10.8 Å². The predicted octanol–water partition coefficient (Wildman–Crippen LogP) is 4.34. The Hall–Kier alpha value is -2.57. The van der Waals surface area contributed by atoms with Crippen LogP contribution in [-0.4, -0.2) is 73.4 Å². The summed E-state index contributed by atoms with van der Waals surface area (Å²) in [6, 6.07) is 5.57. The fraction of sp³-hybridized carbons (Fsp3) is 0.500. The number of fused-ring (bicyclic) bond motifs is 3. The minimum Gasteiger partial charge on any atom is -0.491 e. The van der Waals surface area contributed by atoms with Crippen LogP contribution in [0.2, 0.25) is 5.15 Å². The van der Waals surface area contributed by atoms with Crippen molar-refractivity contribution < 1.29 is 32.0 Å². The van der Waals surface area contributed by atoms with E-state index in [0.717, 1.165) is 11.1 Å². The molecule has 2 aromatic rings. The van der Waals surface area contributed by atoms with Crippen LogP contribution in [0.1, 0.15) is 31.2 Å². The van der Waals surface area contributed by atoms with Crippen LogP contribution in [0.5, 0.6) is 5.75 Å². The molecule has 2 fully saturated rings. The highest BCUT2D eigenvalue weighted by Gasteiger charge is 2.61. The number of halogens is 4. The maximum atomic E-state index is 13.5. The van der Waals surface area contributed by atoms with Crippen molar-refractivity contribution >= 4 is 34.3 Å². The van der Waals surface area contributed by atoms with E-state index >= 15 is 0 Å². The van der Waals surface area contributed by atoms with Crippen LogP contribution in [0.15, 0.2) is 30.5 Å². The first-order chi connectivity index (χ1) is 17.4. The van der Waals surface area contributed by atoms with Gasteiger partial charge < -0.3 is 24.4 Å². The number of piperidine rings is 1. The third-order valence-electron chi connectivity index (χ3n) is 7.25. The molecule has 2 N–H and O–H groups in total. The fourth-order valence-corrected chi connectivity index (χ4v) is 6.17. The van der Waals surface area contributed by atoms with E-state index in [1.807, 2.05) is 12.1 Å². The number of urea groups is 1. The lowest BCUT2D eigenvalue weighted by molar-refractivity contribution is -0.277. The van der Waals surface area contributed by atoms with Crippen LogP contribution in [0.4, 0.5) is 23.7 Å². The first kappa shape index (κ1) is 26.1. The molecule has 3 atom stereocenters. The Morgan fingerprint density at radius 3 is 2.59 bits per heavy atom. The minimum absolute atomic E-state index is 0.183. The Morgan fingerprint density at radius 1 is 1.24 bits per heavy atom. The minimum atomic E-state index is -4.73. The van der Waals surface area contributed by atoms with Crippen LogP contribution in [0.3, 0.4) is 0 Å². The van der Waals surface area contributed by atoms with Gasteiger partial charge in [0.05, 0.1) is 18.8 Å². The Morgan fingerprint density at radius 2 is 1.95 bits per heavy atom. The van der Waals surface area contributed by atoms with Gasteiger partial charge in [0, 0.05) is 48.5 Å². The zero-order chi connectivity index (χ0) is 26.5. The van der Waals surface area contributed by atoms with Crippen molar-refractivity contribution in [2.45, 2.75) is 56.1 Å². The van der Waals surface area contributed by atoms with Gasteiger partial charge in [-0.25, -0.2) is 14.0 Å². The second-order valence-corrected chi connectivity index (χ2v) is 11.2. The number of hydrogen-bond acceptors (Lipinski definition) is 5. The molecule has 2 saturated heterocycles. The van der Waals surface area contributed by atoms with Gasteiger partial charge in [-0.3, -0.25) is 0 Å². The van der Waals surface area contributed by atoms with E-state index in [0.29, 0.717) is 29.8 Å². The predicted molar refractivity (Wildman–Crippen MR) is 133 cm³/mol. The number of pyridine rings is 1. The lowest BCUT2D eigenvalue weighted by Gasteiger charge is -2.45. The molecule has 0 spiro atoms. The molecule has 200 valence electrons. The summed E-state index contributed by atoms with van der Waals surface area (Å²) in [6.45, 7) is 0.737. The largest absolute Gasteiger partial charge is 0.491 e. The van der Waals surface area contributed by atoms with E-state index in [2.05, 4.69) is 9.71 Å². The number of hydrogen-bond donors (Lipinski definition) is 2. The van der Waals surface area contributed by atoms with Crippen molar-refractivity contribution in [3.8, 4) is 16.9 Å². The lowest BCUT2D eigenvalue weighted by atomic mass is 9.85. The van der Waals surface area contributed by atoms with Crippen molar-refractivity contribution in [3.05, 3.63) is 41.2 Å². The number of anilines is 1. The maximum absolute atomic E-state index is 13.5. The van der Waals surface area contributed by atoms with Crippen molar-refractivity contribution in [3.63, 3.8) is 0 Å². The van der Waals surface area contributed by atoms with Gasteiger partial charge in [-0.2, -0.15) is 13.2 Å². The fourth-order valence-electron chi connectivity index (χ4n) is 5.50. The average Bonchev–Trinajstić information content (AvgIpc) is 2.98. The summed E-state index contributed by atoms with van der Waals surface area (Å²) in [5.74, 6) is 0.613. The van der Waals surface area contributed by atoms with Gasteiger partial charge in [0.1, 0.15) is 23.3 Å². The maximum Gasteiger partial charge on any atom is 0.417 e. The highest BCUT2D eigenvalue weighted by atomic mass is 35.5. The van der Waals surface area contributed by atoms with E-state index < -0.39 is 47.7 Å². The summed E-state index contributed by atoms with van der Waals surface area (Å²) in [4.78, 5) is 20.8. The Kier molecular flexibility index (Phi) is 6.78. The molecule has 37 heavy (non-hydrogen) atoms. The first-order valence-electron chi connectivity index (χ1n) is 11.8. The van der Waals surface area contributed by atoms with Gasteiger partial charge in [-0.15, -0.1) is 0 Å². The van der Waals surface area contributed by atoms with Crippen molar-refractivity contribution in [2.75, 3.05) is 24.1 Å². The summed E-state index contributed by atoms with van der Waals surface area (Å²) in [5, 5.41) is 10.4. The number of ether oxygens (including phenoxy) is 1. The van der Waals surface area contributed by atoms with E-state index in [1.165, 1.54) is 11.2 Å². The standard InChI is InChI=1S/C24H26ClF3N4O4S/c1-37(35)30-19-9-15(12-29-21(19)25)14-2-5-20-16(8-14)13-31(6-7-36-20)22(33)32-17-3-4-18(32)11-23(34,10-17)24(26,27)28/h2,5,8-9,12,17-18,30,34H,3-4,6-7,10-11,13H2,1H3. The molecule has 3 aliphatic heterocycles. The van der Waals surface area contributed by atoms with Gasteiger partial charge in [-0.05, 0) is 36.6 Å². The van der Waals surface area contributed by atoms with Gasteiger partial charge in [0.2, 0.25) is 0 Å². The summed E-state index contributed by atoms with van der Waals surface area (Å²) in [6.07, 6.45) is -1.82. The van der Waals surface area contributed by atoms with Gasteiger partial charge in [-0.1, -0.05) is 17.7 Å². The van der Waals surface area contributed by atoms with Crippen LogP contribution in [-0.2, 0) is 17.5 Å². The highest BCUT2D eigenvalue weighted by Crippen LogP contribution is 2.48. The third kappa shape index (κ3) is 4.98. The van der Waals surface area contributed by atoms with Gasteiger partial charge in [0.25, 0.3) is 0 Å². The molecule has 4 heterocycles. The topological polar surface area (TPSA) is 95.0 Å². The normalized spacial score (nSPS) is 26.2. The van der Waals surface area contributed by atoms with Gasteiger partial charge >= 0.3 is 12.2 Å². The SMILES string of the molecule is CS(=O)Nc1cc(-c2ccc3c(c2)CN(C(=O)N2C4CCC2CC(O)(C(F)(F)F)C4)CCO3)cnc1Cl. The number of nitrogens with one attached hydrogen (secondary N) is 1. The molecule has 0 aliphatic carbocycles. The number of aliphatic hydroxyl groups is 1. The van der Waals surface area contributed by atoms with Crippen molar-refractivity contribution in [2.24, 2.45) is 0 Å². The van der Waals surface area contributed by atoms with Crippen LogP contribution >= 0.6 is 11.6 Å². The number of benzene rings is 1. The molecule has 13 heteroatoms. The molecule has 8 nitrogen and oxygen atoms in total. The third-order valence-corrected chi connectivity index (χ3v) is 8.06. The zero-order valence-corrected chi connectivity index (χ0v) is 21.5. The molecule has 0 radical (unpaired) electrons. The molecule has 2 amide bonds. The number of aromatic nitrogens is 1. The Bertz CT molecular complexity index is 1230. The molecule has 3 unspecified atom stereocenters. The molecule has 2 bridgehead atoms. The number of amides is 2. The molecule has 1 aromatic heterocycles. The Labute approximate surface area is 219 Å².